The second-order valence-corrected chi connectivity index (χ2v) is 8.05. The van der Waals surface area contributed by atoms with Crippen molar-refractivity contribution in [2.75, 3.05) is 26.2 Å². The van der Waals surface area contributed by atoms with Crippen molar-refractivity contribution in [3.05, 3.63) is 53.7 Å². The molecular weight excluding hydrogens is 354 g/mol. The van der Waals surface area contributed by atoms with Gasteiger partial charge >= 0.3 is 0 Å². The molecule has 2 atom stereocenters. The van der Waals surface area contributed by atoms with Gasteiger partial charge in [0.25, 0.3) is 5.91 Å². The highest BCUT2D eigenvalue weighted by atomic mass is 16.5. The maximum Gasteiger partial charge on any atom is 0.291 e. The maximum absolute atomic E-state index is 12.8. The summed E-state index contributed by atoms with van der Waals surface area (Å²) in [6.07, 6.45) is 3.66. The van der Waals surface area contributed by atoms with E-state index in [9.17, 15) is 4.79 Å². The van der Waals surface area contributed by atoms with Crippen LogP contribution < -0.4 is 0 Å². The van der Waals surface area contributed by atoms with Gasteiger partial charge < -0.3 is 14.1 Å². The summed E-state index contributed by atoms with van der Waals surface area (Å²) < 4.78 is 11.5. The number of carbonyl (C=O) groups is 1. The SMILES string of the molecule is CC1CN(C(=O)c2cnc(C3CCN(Cc4ccccc4)CC3)o2)C(C)CO1. The molecule has 150 valence electrons. The van der Waals surface area contributed by atoms with Gasteiger partial charge in [-0.3, -0.25) is 9.69 Å². The second kappa shape index (κ2) is 8.45. The normalized spacial score (nSPS) is 24.4. The lowest BCUT2D eigenvalue weighted by molar-refractivity contribution is -0.0397. The van der Waals surface area contributed by atoms with E-state index >= 15 is 0 Å². The molecule has 6 nitrogen and oxygen atoms in total. The molecule has 0 saturated carbocycles. The summed E-state index contributed by atoms with van der Waals surface area (Å²) in [5.74, 6) is 1.26. The molecule has 4 rings (SSSR count). The summed E-state index contributed by atoms with van der Waals surface area (Å²) in [6.45, 7) is 8.16. The highest BCUT2D eigenvalue weighted by Gasteiger charge is 2.31. The number of morpholine rings is 1. The summed E-state index contributed by atoms with van der Waals surface area (Å²) in [6, 6.07) is 10.6. The molecule has 0 spiro atoms. The monoisotopic (exact) mass is 383 g/mol. The molecule has 1 aromatic carbocycles. The van der Waals surface area contributed by atoms with Crippen molar-refractivity contribution in [1.82, 2.24) is 14.8 Å². The van der Waals surface area contributed by atoms with E-state index in [1.807, 2.05) is 18.7 Å². The minimum atomic E-state index is -0.0806. The van der Waals surface area contributed by atoms with E-state index in [1.165, 1.54) is 5.56 Å². The van der Waals surface area contributed by atoms with Gasteiger partial charge in [-0.1, -0.05) is 30.3 Å². The fourth-order valence-electron chi connectivity index (χ4n) is 4.08. The van der Waals surface area contributed by atoms with E-state index in [0.717, 1.165) is 32.5 Å². The van der Waals surface area contributed by atoms with Gasteiger partial charge in [0.2, 0.25) is 5.76 Å². The second-order valence-electron chi connectivity index (χ2n) is 8.05. The van der Waals surface area contributed by atoms with Gasteiger partial charge in [0.15, 0.2) is 5.89 Å². The van der Waals surface area contributed by atoms with Gasteiger partial charge in [-0.2, -0.15) is 0 Å². The molecule has 1 amide bonds. The standard InChI is InChI=1S/C22H29N3O3/c1-16-15-27-17(2)13-25(16)22(26)20-12-23-21(28-20)19-8-10-24(11-9-19)14-18-6-4-3-5-7-18/h3-7,12,16-17,19H,8-11,13-15H2,1-2H3. The molecule has 2 aliphatic rings. The lowest BCUT2D eigenvalue weighted by atomic mass is 9.96. The van der Waals surface area contributed by atoms with Crippen molar-refractivity contribution in [2.45, 2.75) is 51.3 Å². The average molecular weight is 383 g/mol. The van der Waals surface area contributed by atoms with E-state index < -0.39 is 0 Å². The molecule has 3 heterocycles. The molecule has 2 aliphatic heterocycles. The van der Waals surface area contributed by atoms with Gasteiger partial charge in [-0.25, -0.2) is 4.98 Å². The Morgan fingerprint density at radius 1 is 1.18 bits per heavy atom. The maximum atomic E-state index is 12.8. The molecule has 0 bridgehead atoms. The largest absolute Gasteiger partial charge is 0.435 e. The molecule has 0 radical (unpaired) electrons. The lowest BCUT2D eigenvalue weighted by Crippen LogP contribution is -2.50. The van der Waals surface area contributed by atoms with Crippen molar-refractivity contribution in [2.24, 2.45) is 0 Å². The summed E-state index contributed by atoms with van der Waals surface area (Å²) in [7, 11) is 0. The average Bonchev–Trinajstić information content (AvgIpc) is 3.21. The van der Waals surface area contributed by atoms with Crippen LogP contribution in [0.2, 0.25) is 0 Å². The highest BCUT2D eigenvalue weighted by molar-refractivity contribution is 5.91. The van der Waals surface area contributed by atoms with Gasteiger partial charge in [-0.05, 0) is 45.3 Å². The summed E-state index contributed by atoms with van der Waals surface area (Å²) >= 11 is 0. The van der Waals surface area contributed by atoms with E-state index in [0.29, 0.717) is 24.8 Å². The van der Waals surface area contributed by atoms with Crippen LogP contribution in [0.3, 0.4) is 0 Å². The molecule has 2 unspecified atom stereocenters. The molecule has 2 aromatic rings. The van der Waals surface area contributed by atoms with E-state index in [1.54, 1.807) is 6.20 Å². The first kappa shape index (κ1) is 19.2. The number of benzene rings is 1. The first-order valence-corrected chi connectivity index (χ1v) is 10.2. The minimum absolute atomic E-state index is 0.0523. The van der Waals surface area contributed by atoms with Crippen LogP contribution in [0.15, 0.2) is 40.9 Å². The quantitative estimate of drug-likeness (QED) is 0.811. The van der Waals surface area contributed by atoms with Crippen LogP contribution in [0.25, 0.3) is 0 Å². The Balaban J connectivity index is 1.34. The predicted molar refractivity (Wildman–Crippen MR) is 106 cm³/mol. The van der Waals surface area contributed by atoms with Crippen molar-refractivity contribution < 1.29 is 13.9 Å². The third-order valence-corrected chi connectivity index (χ3v) is 5.79. The predicted octanol–water partition coefficient (Wildman–Crippen LogP) is 3.30. The van der Waals surface area contributed by atoms with Crippen LogP contribution in [-0.4, -0.2) is 59.1 Å². The molecule has 0 N–H and O–H groups in total. The van der Waals surface area contributed by atoms with Crippen LogP contribution in [0.4, 0.5) is 0 Å². The van der Waals surface area contributed by atoms with Crippen molar-refractivity contribution in [1.29, 1.82) is 0 Å². The van der Waals surface area contributed by atoms with Crippen molar-refractivity contribution in [3.8, 4) is 0 Å². The summed E-state index contributed by atoms with van der Waals surface area (Å²) in [4.78, 5) is 21.6. The van der Waals surface area contributed by atoms with Crippen LogP contribution in [-0.2, 0) is 11.3 Å². The molecule has 2 saturated heterocycles. The zero-order valence-electron chi connectivity index (χ0n) is 16.7. The Bertz CT molecular complexity index is 783. The third-order valence-electron chi connectivity index (χ3n) is 5.79. The number of likely N-dealkylation sites (tertiary alicyclic amines) is 1. The van der Waals surface area contributed by atoms with Crippen molar-refractivity contribution in [3.63, 3.8) is 0 Å². The Morgan fingerprint density at radius 3 is 2.68 bits per heavy atom. The first-order valence-electron chi connectivity index (χ1n) is 10.2. The number of ether oxygens (including phenoxy) is 1. The smallest absolute Gasteiger partial charge is 0.291 e. The highest BCUT2D eigenvalue weighted by Crippen LogP contribution is 2.29. The lowest BCUT2D eigenvalue weighted by Gasteiger charge is -2.36. The van der Waals surface area contributed by atoms with Gasteiger partial charge in [0, 0.05) is 19.0 Å². The molecule has 2 fully saturated rings. The number of aromatic nitrogens is 1. The van der Waals surface area contributed by atoms with Crippen LogP contribution >= 0.6 is 0 Å². The van der Waals surface area contributed by atoms with Gasteiger partial charge in [0.05, 0.1) is 24.9 Å². The topological polar surface area (TPSA) is 58.8 Å². The number of hydrogen-bond donors (Lipinski definition) is 0. The van der Waals surface area contributed by atoms with E-state index in [2.05, 4.69) is 40.2 Å². The number of hydrogen-bond acceptors (Lipinski definition) is 5. The molecular formula is C22H29N3O3. The summed E-state index contributed by atoms with van der Waals surface area (Å²) in [5.41, 5.74) is 1.35. The Kier molecular flexibility index (Phi) is 5.78. The Labute approximate surface area is 166 Å². The van der Waals surface area contributed by atoms with Gasteiger partial charge in [-0.15, -0.1) is 0 Å². The van der Waals surface area contributed by atoms with E-state index in [-0.39, 0.29) is 24.0 Å². The van der Waals surface area contributed by atoms with Crippen molar-refractivity contribution >= 4 is 5.91 Å². The number of rotatable bonds is 4. The van der Waals surface area contributed by atoms with Crippen LogP contribution in [0.5, 0.6) is 0 Å². The zero-order chi connectivity index (χ0) is 19.5. The zero-order valence-corrected chi connectivity index (χ0v) is 16.7. The summed E-state index contributed by atoms with van der Waals surface area (Å²) in [5, 5.41) is 0. The molecule has 28 heavy (non-hydrogen) atoms. The number of nitrogens with zero attached hydrogens (tertiary/aromatic N) is 3. The first-order chi connectivity index (χ1) is 13.6. The minimum Gasteiger partial charge on any atom is -0.435 e. The number of amides is 1. The fourth-order valence-corrected chi connectivity index (χ4v) is 4.08. The fraction of sp³-hybridized carbons (Fsp3) is 0.545. The Morgan fingerprint density at radius 2 is 1.93 bits per heavy atom. The molecule has 1 aromatic heterocycles. The molecule has 6 heteroatoms. The van der Waals surface area contributed by atoms with Crippen LogP contribution in [0, 0.1) is 0 Å². The van der Waals surface area contributed by atoms with E-state index in [4.69, 9.17) is 9.15 Å². The van der Waals surface area contributed by atoms with Gasteiger partial charge in [0.1, 0.15) is 0 Å². The number of carbonyl (C=O) groups excluding carboxylic acids is 1. The Hall–Kier alpha value is -2.18. The number of piperidine rings is 1. The number of oxazole rings is 1. The third kappa shape index (κ3) is 4.28. The molecule has 0 aliphatic carbocycles. The van der Waals surface area contributed by atoms with Crippen LogP contribution in [0.1, 0.15) is 54.6 Å².